The zero-order valence-corrected chi connectivity index (χ0v) is 13.7. The molecule has 1 amide bonds. The van der Waals surface area contributed by atoms with Crippen LogP contribution in [0.2, 0.25) is 5.02 Å². The molecule has 6 heteroatoms. The first-order chi connectivity index (χ1) is 11.1. The van der Waals surface area contributed by atoms with Crippen LogP contribution in [0.1, 0.15) is 35.4 Å². The van der Waals surface area contributed by atoms with Crippen LogP contribution in [-0.4, -0.2) is 33.7 Å². The zero-order valence-electron chi connectivity index (χ0n) is 13.0. The van der Waals surface area contributed by atoms with E-state index in [-0.39, 0.29) is 17.0 Å². The number of rotatable bonds is 2. The molecule has 1 aromatic heterocycles. The smallest absolute Gasteiger partial charge is 0.278 e. The van der Waals surface area contributed by atoms with Crippen molar-refractivity contribution in [2.24, 2.45) is 0 Å². The van der Waals surface area contributed by atoms with E-state index in [0.29, 0.717) is 23.8 Å². The van der Waals surface area contributed by atoms with Gasteiger partial charge in [-0.1, -0.05) is 11.6 Å². The highest BCUT2D eigenvalue weighted by molar-refractivity contribution is 6.30. The summed E-state index contributed by atoms with van der Waals surface area (Å²) in [6.07, 6.45) is 3.08. The van der Waals surface area contributed by atoms with Crippen molar-refractivity contribution in [1.82, 2.24) is 14.7 Å². The van der Waals surface area contributed by atoms with E-state index in [1.54, 1.807) is 28.6 Å². The Bertz CT molecular complexity index is 777. The number of carbonyl (C=O) groups is 1. The summed E-state index contributed by atoms with van der Waals surface area (Å²) in [6.45, 7) is 3.17. The highest BCUT2D eigenvalue weighted by Crippen LogP contribution is 2.15. The molecule has 2 aromatic rings. The third-order valence-electron chi connectivity index (χ3n) is 4.02. The Balaban J connectivity index is 2.01. The van der Waals surface area contributed by atoms with Gasteiger partial charge in [0, 0.05) is 29.9 Å². The average molecular weight is 332 g/mol. The van der Waals surface area contributed by atoms with Gasteiger partial charge in [-0.3, -0.25) is 9.59 Å². The molecule has 1 aliphatic heterocycles. The third-order valence-corrected chi connectivity index (χ3v) is 4.28. The highest BCUT2D eigenvalue weighted by Gasteiger charge is 2.23. The van der Waals surface area contributed by atoms with E-state index in [0.717, 1.165) is 24.9 Å². The van der Waals surface area contributed by atoms with Gasteiger partial charge in [0.05, 0.1) is 5.69 Å². The lowest BCUT2D eigenvalue weighted by atomic mass is 10.1. The summed E-state index contributed by atoms with van der Waals surface area (Å²) in [4.78, 5) is 26.5. The Kier molecular flexibility index (Phi) is 4.48. The van der Waals surface area contributed by atoms with Crippen molar-refractivity contribution in [3.8, 4) is 5.69 Å². The average Bonchev–Trinajstić information content (AvgIpc) is 2.56. The van der Waals surface area contributed by atoms with Gasteiger partial charge in [0.25, 0.3) is 5.91 Å². The van der Waals surface area contributed by atoms with E-state index in [1.807, 2.05) is 12.1 Å². The standard InChI is InChI=1S/C17H18ClN3O2/c1-12-11-15(22)16(17(23)20-9-3-2-4-10-20)19-21(12)14-7-5-13(18)6-8-14/h5-8,11H,2-4,9-10H2,1H3. The number of hydrogen-bond donors (Lipinski definition) is 0. The van der Waals surface area contributed by atoms with Crippen molar-refractivity contribution in [3.05, 3.63) is 57.0 Å². The molecule has 1 saturated heterocycles. The molecule has 5 nitrogen and oxygen atoms in total. The molecule has 0 atom stereocenters. The van der Waals surface area contributed by atoms with E-state index in [4.69, 9.17) is 11.6 Å². The van der Waals surface area contributed by atoms with Crippen molar-refractivity contribution >= 4 is 17.5 Å². The Morgan fingerprint density at radius 2 is 1.78 bits per heavy atom. The van der Waals surface area contributed by atoms with Crippen LogP contribution >= 0.6 is 11.6 Å². The summed E-state index contributed by atoms with van der Waals surface area (Å²) in [5.74, 6) is -0.280. The summed E-state index contributed by atoms with van der Waals surface area (Å²) >= 11 is 5.91. The molecule has 1 aliphatic rings. The van der Waals surface area contributed by atoms with Crippen LogP contribution < -0.4 is 5.43 Å². The van der Waals surface area contributed by atoms with E-state index in [1.165, 1.54) is 6.07 Å². The van der Waals surface area contributed by atoms with Gasteiger partial charge >= 0.3 is 0 Å². The minimum atomic E-state index is -0.330. The maximum atomic E-state index is 12.6. The van der Waals surface area contributed by atoms with Gasteiger partial charge in [-0.15, -0.1) is 0 Å². The fourth-order valence-corrected chi connectivity index (χ4v) is 2.91. The lowest BCUT2D eigenvalue weighted by Crippen LogP contribution is -2.39. The summed E-state index contributed by atoms with van der Waals surface area (Å²) in [7, 11) is 0. The lowest BCUT2D eigenvalue weighted by Gasteiger charge is -2.26. The second-order valence-corrected chi connectivity index (χ2v) is 6.18. The van der Waals surface area contributed by atoms with E-state index in [2.05, 4.69) is 5.10 Å². The molecule has 0 N–H and O–H groups in total. The summed E-state index contributed by atoms with van der Waals surface area (Å²) in [5.41, 5.74) is 1.09. The Morgan fingerprint density at radius 3 is 2.43 bits per heavy atom. The molecular weight excluding hydrogens is 314 g/mol. The number of aromatic nitrogens is 2. The van der Waals surface area contributed by atoms with Gasteiger partial charge in [0.2, 0.25) is 5.43 Å². The van der Waals surface area contributed by atoms with Crippen molar-refractivity contribution in [2.45, 2.75) is 26.2 Å². The first-order valence-electron chi connectivity index (χ1n) is 7.72. The number of amides is 1. The summed E-state index contributed by atoms with van der Waals surface area (Å²) in [6, 6.07) is 8.58. The highest BCUT2D eigenvalue weighted by atomic mass is 35.5. The van der Waals surface area contributed by atoms with Gasteiger partial charge in [0.15, 0.2) is 5.69 Å². The van der Waals surface area contributed by atoms with Gasteiger partial charge in [0.1, 0.15) is 0 Å². The quantitative estimate of drug-likeness (QED) is 0.850. The number of benzene rings is 1. The maximum absolute atomic E-state index is 12.6. The van der Waals surface area contributed by atoms with Crippen LogP contribution in [0.25, 0.3) is 5.69 Å². The number of hydrogen-bond acceptors (Lipinski definition) is 3. The number of piperidine rings is 1. The minimum Gasteiger partial charge on any atom is -0.337 e. The number of carbonyl (C=O) groups excluding carboxylic acids is 1. The topological polar surface area (TPSA) is 55.2 Å². The molecule has 2 heterocycles. The minimum absolute atomic E-state index is 0.0209. The van der Waals surface area contributed by atoms with Gasteiger partial charge in [-0.2, -0.15) is 5.10 Å². The third kappa shape index (κ3) is 3.29. The maximum Gasteiger partial charge on any atom is 0.278 e. The SMILES string of the molecule is Cc1cc(=O)c(C(=O)N2CCCCC2)nn1-c1ccc(Cl)cc1. The Morgan fingerprint density at radius 1 is 1.13 bits per heavy atom. The summed E-state index contributed by atoms with van der Waals surface area (Å²) < 4.78 is 1.61. The monoisotopic (exact) mass is 331 g/mol. The van der Waals surface area contributed by atoms with Crippen LogP contribution in [0.4, 0.5) is 0 Å². The molecule has 0 radical (unpaired) electrons. The predicted octanol–water partition coefficient (Wildman–Crippen LogP) is 2.82. The fourth-order valence-electron chi connectivity index (χ4n) is 2.79. The van der Waals surface area contributed by atoms with Crippen molar-refractivity contribution in [2.75, 3.05) is 13.1 Å². The molecule has 0 aliphatic carbocycles. The number of likely N-dealkylation sites (tertiary alicyclic amines) is 1. The van der Waals surface area contributed by atoms with Crippen molar-refractivity contribution < 1.29 is 4.79 Å². The number of aryl methyl sites for hydroxylation is 1. The predicted molar refractivity (Wildman–Crippen MR) is 89.3 cm³/mol. The van der Waals surface area contributed by atoms with Crippen LogP contribution in [0.15, 0.2) is 35.1 Å². The van der Waals surface area contributed by atoms with Crippen LogP contribution in [0.3, 0.4) is 0 Å². The van der Waals surface area contributed by atoms with E-state index < -0.39 is 0 Å². The normalized spacial score (nSPS) is 14.8. The Labute approximate surface area is 139 Å². The second-order valence-electron chi connectivity index (χ2n) is 5.74. The number of nitrogens with zero attached hydrogens (tertiary/aromatic N) is 3. The molecule has 0 spiro atoms. The molecule has 0 unspecified atom stereocenters. The van der Waals surface area contributed by atoms with Gasteiger partial charge < -0.3 is 4.90 Å². The second kappa shape index (κ2) is 6.54. The first kappa shape index (κ1) is 15.7. The first-order valence-corrected chi connectivity index (χ1v) is 8.10. The zero-order chi connectivity index (χ0) is 16.4. The van der Waals surface area contributed by atoms with Crippen LogP contribution in [0.5, 0.6) is 0 Å². The Hall–Kier alpha value is -2.14. The van der Waals surface area contributed by atoms with Gasteiger partial charge in [-0.25, -0.2) is 4.68 Å². The number of halogens is 1. The van der Waals surface area contributed by atoms with Crippen molar-refractivity contribution in [3.63, 3.8) is 0 Å². The summed E-state index contributed by atoms with van der Waals surface area (Å²) in [5, 5.41) is 4.94. The molecular formula is C17H18ClN3O2. The van der Waals surface area contributed by atoms with Gasteiger partial charge in [-0.05, 0) is 50.5 Å². The molecule has 1 aromatic carbocycles. The molecule has 3 rings (SSSR count). The molecule has 23 heavy (non-hydrogen) atoms. The van der Waals surface area contributed by atoms with Crippen LogP contribution in [-0.2, 0) is 0 Å². The molecule has 0 bridgehead atoms. The molecule has 120 valence electrons. The largest absolute Gasteiger partial charge is 0.337 e. The molecule has 0 saturated carbocycles. The van der Waals surface area contributed by atoms with Crippen molar-refractivity contribution in [1.29, 1.82) is 0 Å². The van der Waals surface area contributed by atoms with E-state index in [9.17, 15) is 9.59 Å². The van der Waals surface area contributed by atoms with E-state index >= 15 is 0 Å². The molecule has 1 fully saturated rings. The van der Waals surface area contributed by atoms with Crippen LogP contribution in [0, 0.1) is 6.92 Å². The lowest BCUT2D eigenvalue weighted by molar-refractivity contribution is 0.0715. The fraction of sp³-hybridized carbons (Fsp3) is 0.353.